The van der Waals surface area contributed by atoms with Crippen LogP contribution in [0.2, 0.25) is 0 Å². The number of anilines is 1. The van der Waals surface area contributed by atoms with Crippen LogP contribution in [0.4, 0.5) is 5.82 Å². The Morgan fingerprint density at radius 3 is 2.47 bits per heavy atom. The Morgan fingerprint density at radius 1 is 1.00 bits per heavy atom. The van der Waals surface area contributed by atoms with Crippen molar-refractivity contribution in [2.45, 2.75) is 26.8 Å². The monoisotopic (exact) mass is 397 g/mol. The van der Waals surface area contributed by atoms with Gasteiger partial charge in [-0.2, -0.15) is 5.21 Å². The van der Waals surface area contributed by atoms with E-state index in [2.05, 4.69) is 72.8 Å². The van der Waals surface area contributed by atoms with Gasteiger partial charge in [0.1, 0.15) is 11.6 Å². The van der Waals surface area contributed by atoms with E-state index in [0.717, 1.165) is 51.6 Å². The molecule has 0 bridgehead atoms. The van der Waals surface area contributed by atoms with Crippen molar-refractivity contribution in [3.63, 3.8) is 0 Å². The quantitative estimate of drug-likeness (QED) is 0.452. The number of aromatic amines is 1. The van der Waals surface area contributed by atoms with E-state index in [1.165, 1.54) is 0 Å². The van der Waals surface area contributed by atoms with Crippen molar-refractivity contribution >= 4 is 5.82 Å². The van der Waals surface area contributed by atoms with Gasteiger partial charge in [0.25, 0.3) is 0 Å². The van der Waals surface area contributed by atoms with Crippen molar-refractivity contribution in [3.05, 3.63) is 83.8 Å². The molecular formula is C23H23N7. The third-order valence-corrected chi connectivity index (χ3v) is 4.91. The molecule has 0 unspecified atom stereocenters. The summed E-state index contributed by atoms with van der Waals surface area (Å²) in [5, 5.41) is 17.9. The van der Waals surface area contributed by atoms with Crippen molar-refractivity contribution in [1.82, 2.24) is 30.6 Å². The number of hydrogen-bond donors (Lipinski definition) is 2. The van der Waals surface area contributed by atoms with E-state index >= 15 is 0 Å². The Bertz CT molecular complexity index is 1150. The van der Waals surface area contributed by atoms with E-state index in [4.69, 9.17) is 0 Å². The minimum Gasteiger partial charge on any atom is -0.366 e. The Balaban J connectivity index is 1.55. The smallest absolute Gasteiger partial charge is 0.205 e. The van der Waals surface area contributed by atoms with Crippen LogP contribution >= 0.6 is 0 Å². The topological polar surface area (TPSA) is 92.3 Å². The lowest BCUT2D eigenvalue weighted by Gasteiger charge is -2.13. The molecule has 0 spiro atoms. The highest BCUT2D eigenvalue weighted by molar-refractivity contribution is 5.80. The van der Waals surface area contributed by atoms with Crippen LogP contribution in [-0.2, 0) is 13.0 Å². The van der Waals surface area contributed by atoms with Crippen LogP contribution in [0, 0.1) is 13.8 Å². The minimum absolute atomic E-state index is 0.584. The van der Waals surface area contributed by atoms with Gasteiger partial charge in [-0.1, -0.05) is 54.6 Å². The predicted octanol–water partition coefficient (Wildman–Crippen LogP) is 4.28. The molecule has 0 fully saturated rings. The molecule has 0 aliphatic rings. The van der Waals surface area contributed by atoms with E-state index < -0.39 is 0 Å². The summed E-state index contributed by atoms with van der Waals surface area (Å²) >= 11 is 0. The molecule has 2 heterocycles. The lowest BCUT2D eigenvalue weighted by molar-refractivity contribution is 0.881. The van der Waals surface area contributed by atoms with Gasteiger partial charge in [0.05, 0.1) is 0 Å². The van der Waals surface area contributed by atoms with Gasteiger partial charge < -0.3 is 5.32 Å². The number of aryl methyl sites for hydroxylation is 2. The number of tetrazole rings is 1. The van der Waals surface area contributed by atoms with Crippen molar-refractivity contribution in [2.75, 3.05) is 5.32 Å². The maximum atomic E-state index is 4.58. The summed E-state index contributed by atoms with van der Waals surface area (Å²) in [6, 6.07) is 16.5. The second kappa shape index (κ2) is 8.65. The zero-order valence-corrected chi connectivity index (χ0v) is 17.1. The van der Waals surface area contributed by atoms with Crippen molar-refractivity contribution in [1.29, 1.82) is 0 Å². The molecule has 2 aromatic carbocycles. The molecule has 0 aliphatic carbocycles. The SMILES string of the molecule is C=CCc1c(C)nc(C)nc1NCc1ccc(-c2ccccc2-c2nn[nH]n2)cc1. The summed E-state index contributed by atoms with van der Waals surface area (Å²) in [6.07, 6.45) is 2.61. The van der Waals surface area contributed by atoms with Crippen LogP contribution in [0.1, 0.15) is 22.6 Å². The first-order chi connectivity index (χ1) is 14.7. The molecule has 0 atom stereocenters. The molecular weight excluding hydrogens is 374 g/mol. The van der Waals surface area contributed by atoms with E-state index in [1.807, 2.05) is 38.1 Å². The summed E-state index contributed by atoms with van der Waals surface area (Å²) in [7, 11) is 0. The van der Waals surface area contributed by atoms with E-state index in [-0.39, 0.29) is 0 Å². The van der Waals surface area contributed by atoms with E-state index in [1.54, 1.807) is 0 Å². The van der Waals surface area contributed by atoms with Crippen molar-refractivity contribution < 1.29 is 0 Å². The Kier molecular flexibility index (Phi) is 5.61. The summed E-state index contributed by atoms with van der Waals surface area (Å²) in [5.41, 5.74) is 6.33. The molecule has 4 aromatic rings. The molecule has 30 heavy (non-hydrogen) atoms. The molecule has 2 N–H and O–H groups in total. The van der Waals surface area contributed by atoms with Gasteiger partial charge in [0.15, 0.2) is 0 Å². The summed E-state index contributed by atoms with van der Waals surface area (Å²) in [6.45, 7) is 8.44. The van der Waals surface area contributed by atoms with Gasteiger partial charge >= 0.3 is 0 Å². The largest absolute Gasteiger partial charge is 0.366 e. The number of benzene rings is 2. The number of allylic oxidation sites excluding steroid dienone is 1. The lowest BCUT2D eigenvalue weighted by Crippen LogP contribution is -2.08. The number of nitrogens with one attached hydrogen (secondary N) is 2. The van der Waals surface area contributed by atoms with Crippen LogP contribution in [0.25, 0.3) is 22.5 Å². The fourth-order valence-corrected chi connectivity index (χ4v) is 3.46. The van der Waals surface area contributed by atoms with Gasteiger partial charge in [-0.25, -0.2) is 9.97 Å². The normalized spacial score (nSPS) is 10.7. The molecule has 4 rings (SSSR count). The molecule has 0 saturated heterocycles. The molecule has 7 nitrogen and oxygen atoms in total. The minimum atomic E-state index is 0.584. The summed E-state index contributed by atoms with van der Waals surface area (Å²) in [4.78, 5) is 9.05. The van der Waals surface area contributed by atoms with Crippen molar-refractivity contribution in [3.8, 4) is 22.5 Å². The average Bonchev–Trinajstić information content (AvgIpc) is 3.29. The van der Waals surface area contributed by atoms with Gasteiger partial charge in [0.2, 0.25) is 5.82 Å². The third kappa shape index (κ3) is 4.10. The van der Waals surface area contributed by atoms with Crippen LogP contribution in [-0.4, -0.2) is 30.6 Å². The molecule has 150 valence electrons. The fourth-order valence-electron chi connectivity index (χ4n) is 3.46. The van der Waals surface area contributed by atoms with Crippen LogP contribution < -0.4 is 5.32 Å². The standard InChI is InChI=1S/C23H23N7/c1-4-7-19-15(2)25-16(3)26-22(19)24-14-17-10-12-18(13-11-17)20-8-5-6-9-21(20)23-27-29-30-28-23/h4-6,8-13H,1,7,14H2,2-3H3,(H,24,25,26)(H,27,28,29,30). The zero-order valence-electron chi connectivity index (χ0n) is 17.1. The third-order valence-electron chi connectivity index (χ3n) is 4.91. The van der Waals surface area contributed by atoms with Crippen LogP contribution in [0.3, 0.4) is 0 Å². The highest BCUT2D eigenvalue weighted by atomic mass is 15.5. The first-order valence-corrected chi connectivity index (χ1v) is 9.76. The van der Waals surface area contributed by atoms with Crippen LogP contribution in [0.15, 0.2) is 61.2 Å². The Hall–Kier alpha value is -3.87. The Morgan fingerprint density at radius 2 is 1.77 bits per heavy atom. The molecule has 0 amide bonds. The highest BCUT2D eigenvalue weighted by Gasteiger charge is 2.11. The van der Waals surface area contributed by atoms with E-state index in [9.17, 15) is 0 Å². The first kappa shape index (κ1) is 19.4. The predicted molar refractivity (Wildman–Crippen MR) is 118 cm³/mol. The van der Waals surface area contributed by atoms with E-state index in [0.29, 0.717) is 12.4 Å². The maximum absolute atomic E-state index is 4.58. The van der Waals surface area contributed by atoms with Gasteiger partial charge in [-0.15, -0.1) is 16.8 Å². The first-order valence-electron chi connectivity index (χ1n) is 9.76. The highest BCUT2D eigenvalue weighted by Crippen LogP contribution is 2.29. The number of hydrogen-bond acceptors (Lipinski definition) is 6. The Labute approximate surface area is 175 Å². The second-order valence-corrected chi connectivity index (χ2v) is 7.01. The fraction of sp³-hybridized carbons (Fsp3) is 0.174. The van der Waals surface area contributed by atoms with Crippen LogP contribution in [0.5, 0.6) is 0 Å². The summed E-state index contributed by atoms with van der Waals surface area (Å²) < 4.78 is 0. The molecule has 0 saturated carbocycles. The van der Waals surface area contributed by atoms with Crippen molar-refractivity contribution in [2.24, 2.45) is 0 Å². The number of rotatable bonds is 7. The second-order valence-electron chi connectivity index (χ2n) is 7.01. The maximum Gasteiger partial charge on any atom is 0.205 e. The number of H-pyrrole nitrogens is 1. The lowest BCUT2D eigenvalue weighted by atomic mass is 9.98. The molecule has 0 radical (unpaired) electrons. The number of aromatic nitrogens is 6. The van der Waals surface area contributed by atoms with Gasteiger partial charge in [0, 0.05) is 23.4 Å². The molecule has 2 aromatic heterocycles. The van der Waals surface area contributed by atoms with Gasteiger partial charge in [-0.05, 0) is 42.2 Å². The summed E-state index contributed by atoms with van der Waals surface area (Å²) in [5.74, 6) is 2.21. The zero-order chi connectivity index (χ0) is 20.9. The molecule has 0 aliphatic heterocycles. The van der Waals surface area contributed by atoms with Gasteiger partial charge in [-0.3, -0.25) is 0 Å². The number of nitrogens with zero attached hydrogens (tertiary/aromatic N) is 5. The molecule has 7 heteroatoms. The average molecular weight is 397 g/mol.